The van der Waals surface area contributed by atoms with Gasteiger partial charge in [-0.1, -0.05) is 0 Å². The van der Waals surface area contributed by atoms with Gasteiger partial charge in [-0.15, -0.1) is 24.8 Å². The molecule has 3 nitrogen and oxygen atoms in total. The second-order valence-corrected chi connectivity index (χ2v) is 2.33. The van der Waals surface area contributed by atoms with Crippen LogP contribution >= 0.6 is 24.8 Å². The van der Waals surface area contributed by atoms with Crippen molar-refractivity contribution in [2.45, 2.75) is 19.3 Å². The molecule has 0 bridgehead atoms. The highest BCUT2D eigenvalue weighted by Crippen LogP contribution is 2.07. The maximum absolute atomic E-state index is 10.3. The molecule has 68 valence electrons. The van der Waals surface area contributed by atoms with Gasteiger partial charge >= 0.3 is 6.09 Å². The third-order valence-corrected chi connectivity index (χ3v) is 1.63. The molecule has 0 atom stereocenters. The quantitative estimate of drug-likeness (QED) is 0.652. The Morgan fingerprint density at radius 2 is 1.55 bits per heavy atom. The normalized spacial score (nSPS) is 16.2. The molecule has 0 aliphatic carbocycles. The molecule has 0 unspecified atom stereocenters. The van der Waals surface area contributed by atoms with E-state index in [-0.39, 0.29) is 24.8 Å². The lowest BCUT2D eigenvalue weighted by atomic mass is 10.1. The van der Waals surface area contributed by atoms with Gasteiger partial charge in [0, 0.05) is 13.1 Å². The first-order chi connectivity index (χ1) is 4.30. The summed E-state index contributed by atoms with van der Waals surface area (Å²) < 4.78 is 0. The van der Waals surface area contributed by atoms with Gasteiger partial charge in [0.1, 0.15) is 0 Å². The molecule has 1 aliphatic rings. The Kier molecular flexibility index (Phi) is 8.01. The summed E-state index contributed by atoms with van der Waals surface area (Å²) in [5.41, 5.74) is 0. The molecule has 1 saturated heterocycles. The first-order valence-corrected chi connectivity index (χ1v) is 3.28. The second-order valence-electron chi connectivity index (χ2n) is 2.33. The van der Waals surface area contributed by atoms with Gasteiger partial charge < -0.3 is 10.0 Å². The number of piperidine rings is 1. The monoisotopic (exact) mass is 201 g/mol. The van der Waals surface area contributed by atoms with Crippen molar-refractivity contribution in [2.24, 2.45) is 0 Å². The van der Waals surface area contributed by atoms with Gasteiger partial charge in [-0.2, -0.15) is 0 Å². The van der Waals surface area contributed by atoms with E-state index >= 15 is 0 Å². The van der Waals surface area contributed by atoms with Crippen LogP contribution in [0.5, 0.6) is 0 Å². The minimum absolute atomic E-state index is 0. The van der Waals surface area contributed by atoms with Gasteiger partial charge in [-0.05, 0) is 19.3 Å². The predicted molar refractivity (Wildman–Crippen MR) is 47.9 cm³/mol. The molecule has 1 rings (SSSR count). The number of rotatable bonds is 0. The van der Waals surface area contributed by atoms with Crippen molar-refractivity contribution in [3.8, 4) is 0 Å². The van der Waals surface area contributed by atoms with Gasteiger partial charge in [0.05, 0.1) is 0 Å². The Bertz CT molecular complexity index is 115. The van der Waals surface area contributed by atoms with E-state index < -0.39 is 6.09 Å². The van der Waals surface area contributed by atoms with Crippen molar-refractivity contribution in [3.05, 3.63) is 0 Å². The van der Waals surface area contributed by atoms with Crippen molar-refractivity contribution in [3.63, 3.8) is 0 Å². The van der Waals surface area contributed by atoms with Crippen LogP contribution in [0.1, 0.15) is 19.3 Å². The minimum Gasteiger partial charge on any atom is -0.465 e. The van der Waals surface area contributed by atoms with Gasteiger partial charge in [-0.3, -0.25) is 0 Å². The predicted octanol–water partition coefficient (Wildman–Crippen LogP) is 1.99. The van der Waals surface area contributed by atoms with E-state index in [1.165, 1.54) is 11.3 Å². The highest BCUT2D eigenvalue weighted by molar-refractivity contribution is 5.85. The van der Waals surface area contributed by atoms with Crippen LogP contribution in [0.2, 0.25) is 0 Å². The Balaban J connectivity index is 0. The van der Waals surface area contributed by atoms with Crippen LogP contribution < -0.4 is 0 Å². The summed E-state index contributed by atoms with van der Waals surface area (Å²) in [6, 6.07) is 0. The average molecular weight is 202 g/mol. The molecule has 1 aliphatic heterocycles. The highest BCUT2D eigenvalue weighted by Gasteiger charge is 2.13. The largest absolute Gasteiger partial charge is 0.465 e. The number of likely N-dealkylation sites (tertiary alicyclic amines) is 1. The fourth-order valence-electron chi connectivity index (χ4n) is 1.09. The summed E-state index contributed by atoms with van der Waals surface area (Å²) in [5.74, 6) is 0. The maximum atomic E-state index is 10.3. The zero-order valence-corrected chi connectivity index (χ0v) is 7.79. The van der Waals surface area contributed by atoms with E-state index in [1.807, 2.05) is 0 Å². The lowest BCUT2D eigenvalue weighted by Crippen LogP contribution is -2.34. The number of carboxylic acid groups (broad SMARTS) is 1. The second kappa shape index (κ2) is 6.55. The molecule has 11 heavy (non-hydrogen) atoms. The zero-order valence-electron chi connectivity index (χ0n) is 6.15. The zero-order chi connectivity index (χ0) is 6.69. The molecule has 1 amide bonds. The van der Waals surface area contributed by atoms with E-state index in [0.29, 0.717) is 0 Å². The Morgan fingerprint density at radius 3 is 1.82 bits per heavy atom. The van der Waals surface area contributed by atoms with Crippen molar-refractivity contribution >= 4 is 30.9 Å². The Morgan fingerprint density at radius 1 is 1.09 bits per heavy atom. The number of hydrogen-bond donors (Lipinski definition) is 1. The molecular weight excluding hydrogens is 189 g/mol. The van der Waals surface area contributed by atoms with Gasteiger partial charge in [0.2, 0.25) is 0 Å². The summed E-state index contributed by atoms with van der Waals surface area (Å²) in [5, 5.41) is 8.46. The molecule has 0 aromatic carbocycles. The Hall–Kier alpha value is -0.150. The van der Waals surface area contributed by atoms with E-state index in [1.54, 1.807) is 0 Å². The third kappa shape index (κ3) is 4.32. The molecule has 0 aromatic rings. The fraction of sp³-hybridized carbons (Fsp3) is 0.833. The molecule has 1 N–H and O–H groups in total. The first-order valence-electron chi connectivity index (χ1n) is 3.28. The van der Waals surface area contributed by atoms with Crippen LogP contribution in [0.15, 0.2) is 0 Å². The van der Waals surface area contributed by atoms with Crippen LogP contribution in [0, 0.1) is 0 Å². The van der Waals surface area contributed by atoms with Gasteiger partial charge in [0.15, 0.2) is 0 Å². The lowest BCUT2D eigenvalue weighted by Gasteiger charge is -2.22. The smallest absolute Gasteiger partial charge is 0.407 e. The molecule has 0 radical (unpaired) electrons. The number of hydrogen-bond acceptors (Lipinski definition) is 1. The van der Waals surface area contributed by atoms with Crippen molar-refractivity contribution in [1.82, 2.24) is 4.90 Å². The molecule has 0 aromatic heterocycles. The highest BCUT2D eigenvalue weighted by atomic mass is 35.5. The van der Waals surface area contributed by atoms with Crippen LogP contribution in [-0.4, -0.2) is 29.2 Å². The number of amides is 1. The molecular formula is C6H13Cl2NO2. The Labute approximate surface area is 78.6 Å². The summed E-state index contributed by atoms with van der Waals surface area (Å²) in [7, 11) is 0. The molecule has 5 heteroatoms. The van der Waals surface area contributed by atoms with Crippen molar-refractivity contribution in [1.29, 1.82) is 0 Å². The first kappa shape index (κ1) is 13.4. The van der Waals surface area contributed by atoms with Gasteiger partial charge in [-0.25, -0.2) is 4.79 Å². The molecule has 0 spiro atoms. The molecule has 1 fully saturated rings. The molecule has 0 saturated carbocycles. The van der Waals surface area contributed by atoms with Crippen LogP contribution in [-0.2, 0) is 0 Å². The number of carbonyl (C=O) groups is 1. The van der Waals surface area contributed by atoms with Gasteiger partial charge in [0.25, 0.3) is 0 Å². The number of halogens is 2. The summed E-state index contributed by atoms with van der Waals surface area (Å²) in [6.07, 6.45) is 2.48. The minimum atomic E-state index is -0.769. The van der Waals surface area contributed by atoms with E-state index in [0.717, 1.165) is 25.9 Å². The third-order valence-electron chi connectivity index (χ3n) is 1.63. The number of nitrogens with zero attached hydrogens (tertiary/aromatic N) is 1. The van der Waals surface area contributed by atoms with Crippen molar-refractivity contribution in [2.75, 3.05) is 13.1 Å². The van der Waals surface area contributed by atoms with Crippen LogP contribution in [0.25, 0.3) is 0 Å². The van der Waals surface area contributed by atoms with E-state index in [9.17, 15) is 4.79 Å². The van der Waals surface area contributed by atoms with Crippen LogP contribution in [0.4, 0.5) is 4.79 Å². The average Bonchev–Trinajstić information content (AvgIpc) is 1.90. The SMILES string of the molecule is Cl.Cl.O=C(O)N1CCCCC1. The standard InChI is InChI=1S/C6H11NO2.2ClH/c8-6(9)7-4-2-1-3-5-7;;/h1-5H2,(H,8,9);2*1H. The summed E-state index contributed by atoms with van der Waals surface area (Å²) in [6.45, 7) is 1.46. The maximum Gasteiger partial charge on any atom is 0.407 e. The molecule has 1 heterocycles. The topological polar surface area (TPSA) is 40.5 Å². The van der Waals surface area contributed by atoms with E-state index in [4.69, 9.17) is 5.11 Å². The summed E-state index contributed by atoms with van der Waals surface area (Å²) in [4.78, 5) is 11.8. The van der Waals surface area contributed by atoms with Crippen molar-refractivity contribution < 1.29 is 9.90 Å². The fourth-order valence-corrected chi connectivity index (χ4v) is 1.09. The lowest BCUT2D eigenvalue weighted by molar-refractivity contribution is 0.136. The van der Waals surface area contributed by atoms with Crippen LogP contribution in [0.3, 0.4) is 0 Å². The summed E-state index contributed by atoms with van der Waals surface area (Å²) >= 11 is 0. The van der Waals surface area contributed by atoms with E-state index in [2.05, 4.69) is 0 Å².